The maximum atomic E-state index is 8.25. The lowest BCUT2D eigenvalue weighted by Crippen LogP contribution is -2.11. The monoisotopic (exact) mass is 361 g/mol. The normalized spacial score (nSPS) is 11.7. The molecule has 0 saturated heterocycles. The van der Waals surface area contributed by atoms with Gasteiger partial charge in [-0.3, -0.25) is 5.41 Å². The summed E-state index contributed by atoms with van der Waals surface area (Å²) < 4.78 is 6.00. The molecule has 132 valence electrons. The molecular weight excluding hydrogens is 338 g/mol. The summed E-state index contributed by atoms with van der Waals surface area (Å²) in [6.07, 6.45) is 1.80. The standard InChI is InChI=1S/C23H23NOS/c1-2-9-22(25-23(24)19-10-5-3-6-11-19)18-14-16-21(17-15-18)26-20-12-7-4-8-13-20/h3-8,10-17,22,24H,2,9H2,1H3. The highest BCUT2D eigenvalue weighted by Crippen LogP contribution is 2.30. The molecule has 26 heavy (non-hydrogen) atoms. The lowest BCUT2D eigenvalue weighted by molar-refractivity contribution is 0.179. The van der Waals surface area contributed by atoms with Crippen LogP contribution in [0.25, 0.3) is 0 Å². The van der Waals surface area contributed by atoms with E-state index in [4.69, 9.17) is 10.1 Å². The second-order valence-corrected chi connectivity index (χ2v) is 7.22. The molecule has 0 aliphatic rings. The van der Waals surface area contributed by atoms with E-state index in [1.54, 1.807) is 11.8 Å². The van der Waals surface area contributed by atoms with Crippen LogP contribution >= 0.6 is 11.8 Å². The third-order valence-electron chi connectivity index (χ3n) is 4.08. The van der Waals surface area contributed by atoms with Gasteiger partial charge in [-0.15, -0.1) is 0 Å². The summed E-state index contributed by atoms with van der Waals surface area (Å²) in [5, 5.41) is 8.25. The van der Waals surface area contributed by atoms with Gasteiger partial charge in [-0.05, 0) is 48.4 Å². The van der Waals surface area contributed by atoms with Crippen LogP contribution in [-0.2, 0) is 4.74 Å². The van der Waals surface area contributed by atoms with Crippen LogP contribution in [0.15, 0.2) is 94.7 Å². The van der Waals surface area contributed by atoms with E-state index in [9.17, 15) is 0 Å². The van der Waals surface area contributed by atoms with Gasteiger partial charge < -0.3 is 4.74 Å². The van der Waals surface area contributed by atoms with Crippen LogP contribution < -0.4 is 0 Å². The molecule has 1 N–H and O–H groups in total. The Morgan fingerprint density at radius 1 is 0.846 bits per heavy atom. The van der Waals surface area contributed by atoms with Crippen molar-refractivity contribution in [3.05, 3.63) is 96.1 Å². The second-order valence-electron chi connectivity index (χ2n) is 6.07. The van der Waals surface area contributed by atoms with E-state index in [1.165, 1.54) is 9.79 Å². The number of nitrogens with one attached hydrogen (secondary N) is 1. The Bertz CT molecular complexity index is 816. The van der Waals surface area contributed by atoms with Gasteiger partial charge in [0.15, 0.2) is 0 Å². The Kier molecular flexibility index (Phi) is 6.50. The molecule has 1 unspecified atom stereocenters. The molecule has 3 heteroatoms. The highest BCUT2D eigenvalue weighted by molar-refractivity contribution is 7.99. The van der Waals surface area contributed by atoms with Crippen LogP contribution in [0.5, 0.6) is 0 Å². The van der Waals surface area contributed by atoms with Gasteiger partial charge >= 0.3 is 0 Å². The summed E-state index contributed by atoms with van der Waals surface area (Å²) >= 11 is 1.75. The van der Waals surface area contributed by atoms with Gasteiger partial charge in [0.1, 0.15) is 6.10 Å². The molecule has 0 bridgehead atoms. The molecule has 0 aromatic heterocycles. The van der Waals surface area contributed by atoms with Crippen molar-refractivity contribution in [1.82, 2.24) is 0 Å². The minimum Gasteiger partial charge on any atom is -0.469 e. The molecule has 0 saturated carbocycles. The first kappa shape index (κ1) is 18.3. The first-order valence-electron chi connectivity index (χ1n) is 8.89. The predicted octanol–water partition coefficient (Wildman–Crippen LogP) is 6.72. The zero-order valence-electron chi connectivity index (χ0n) is 14.9. The number of benzene rings is 3. The van der Waals surface area contributed by atoms with E-state index in [2.05, 4.69) is 55.5 Å². The fourth-order valence-corrected chi connectivity index (χ4v) is 3.57. The minimum absolute atomic E-state index is 0.0940. The smallest absolute Gasteiger partial charge is 0.213 e. The Balaban J connectivity index is 1.70. The molecule has 0 fully saturated rings. The number of hydrogen-bond donors (Lipinski definition) is 1. The molecule has 0 aliphatic heterocycles. The highest BCUT2D eigenvalue weighted by atomic mass is 32.2. The van der Waals surface area contributed by atoms with E-state index in [0.29, 0.717) is 0 Å². The fraction of sp³-hybridized carbons (Fsp3) is 0.174. The van der Waals surface area contributed by atoms with Crippen molar-refractivity contribution in [2.24, 2.45) is 0 Å². The van der Waals surface area contributed by atoms with Crippen molar-refractivity contribution in [2.75, 3.05) is 0 Å². The van der Waals surface area contributed by atoms with Gasteiger partial charge in [-0.1, -0.05) is 73.6 Å². The zero-order chi connectivity index (χ0) is 18.2. The predicted molar refractivity (Wildman–Crippen MR) is 109 cm³/mol. The van der Waals surface area contributed by atoms with Gasteiger partial charge in [-0.2, -0.15) is 0 Å². The van der Waals surface area contributed by atoms with Gasteiger partial charge in [0.2, 0.25) is 5.90 Å². The van der Waals surface area contributed by atoms with Gasteiger partial charge in [0, 0.05) is 15.4 Å². The van der Waals surface area contributed by atoms with Crippen molar-refractivity contribution in [3.63, 3.8) is 0 Å². The van der Waals surface area contributed by atoms with Gasteiger partial charge in [-0.25, -0.2) is 0 Å². The van der Waals surface area contributed by atoms with Crippen molar-refractivity contribution < 1.29 is 4.74 Å². The Hall–Kier alpha value is -2.52. The van der Waals surface area contributed by atoms with Crippen LogP contribution in [0.1, 0.15) is 37.0 Å². The van der Waals surface area contributed by atoms with Gasteiger partial charge in [0.25, 0.3) is 0 Å². The first-order chi connectivity index (χ1) is 12.8. The highest BCUT2D eigenvalue weighted by Gasteiger charge is 2.15. The van der Waals surface area contributed by atoms with Crippen molar-refractivity contribution in [1.29, 1.82) is 5.41 Å². The summed E-state index contributed by atoms with van der Waals surface area (Å²) in [5.41, 5.74) is 1.93. The fourth-order valence-electron chi connectivity index (χ4n) is 2.73. The largest absolute Gasteiger partial charge is 0.469 e. The van der Waals surface area contributed by atoms with Crippen LogP contribution in [0.2, 0.25) is 0 Å². The van der Waals surface area contributed by atoms with E-state index >= 15 is 0 Å². The summed E-state index contributed by atoms with van der Waals surface area (Å²) in [6, 6.07) is 28.5. The van der Waals surface area contributed by atoms with Gasteiger partial charge in [0.05, 0.1) is 0 Å². The SMILES string of the molecule is CCCC(OC(=N)c1ccccc1)c1ccc(Sc2ccccc2)cc1. The average Bonchev–Trinajstić information content (AvgIpc) is 2.70. The second kappa shape index (κ2) is 9.25. The minimum atomic E-state index is -0.0940. The summed E-state index contributed by atoms with van der Waals surface area (Å²) in [7, 11) is 0. The molecule has 3 aromatic rings. The molecule has 3 aromatic carbocycles. The topological polar surface area (TPSA) is 33.1 Å². The molecule has 0 heterocycles. The average molecular weight is 362 g/mol. The molecule has 1 atom stereocenters. The lowest BCUT2D eigenvalue weighted by atomic mass is 10.1. The van der Waals surface area contributed by atoms with Crippen molar-refractivity contribution in [3.8, 4) is 0 Å². The van der Waals surface area contributed by atoms with E-state index in [0.717, 1.165) is 24.0 Å². The summed E-state index contributed by atoms with van der Waals surface area (Å²) in [6.45, 7) is 2.14. The van der Waals surface area contributed by atoms with Crippen LogP contribution in [0, 0.1) is 5.41 Å². The van der Waals surface area contributed by atoms with Crippen molar-refractivity contribution >= 4 is 17.7 Å². The van der Waals surface area contributed by atoms with Crippen LogP contribution in [0.3, 0.4) is 0 Å². The third kappa shape index (κ3) is 4.99. The van der Waals surface area contributed by atoms with Crippen LogP contribution in [-0.4, -0.2) is 5.90 Å². The van der Waals surface area contributed by atoms with E-state index in [1.807, 2.05) is 36.4 Å². The number of rotatable bonds is 7. The van der Waals surface area contributed by atoms with Crippen molar-refractivity contribution in [2.45, 2.75) is 35.7 Å². The molecule has 3 rings (SSSR count). The third-order valence-corrected chi connectivity index (χ3v) is 5.09. The summed E-state index contributed by atoms with van der Waals surface area (Å²) in [5.74, 6) is 0.229. The maximum Gasteiger partial charge on any atom is 0.213 e. The molecular formula is C23H23NOS. The Morgan fingerprint density at radius 3 is 2.04 bits per heavy atom. The number of hydrogen-bond acceptors (Lipinski definition) is 3. The zero-order valence-corrected chi connectivity index (χ0v) is 15.7. The Labute approximate surface area is 159 Å². The quantitative estimate of drug-likeness (QED) is 0.374. The molecule has 0 aliphatic carbocycles. The molecule has 2 nitrogen and oxygen atoms in total. The van der Waals surface area contributed by atoms with Crippen LogP contribution in [0.4, 0.5) is 0 Å². The molecule has 0 radical (unpaired) electrons. The molecule has 0 spiro atoms. The lowest BCUT2D eigenvalue weighted by Gasteiger charge is -2.20. The van der Waals surface area contributed by atoms with E-state index in [-0.39, 0.29) is 12.0 Å². The first-order valence-corrected chi connectivity index (χ1v) is 9.71. The Morgan fingerprint density at radius 2 is 1.42 bits per heavy atom. The summed E-state index contributed by atoms with van der Waals surface area (Å²) in [4.78, 5) is 2.43. The van der Waals surface area contributed by atoms with E-state index < -0.39 is 0 Å². The maximum absolute atomic E-state index is 8.25. The number of ether oxygens (including phenoxy) is 1. The molecule has 0 amide bonds.